The summed E-state index contributed by atoms with van der Waals surface area (Å²) in [7, 11) is 0. The largest absolute Gasteiger partial charge is 0.394 e. The third kappa shape index (κ3) is 5.03. The highest BCUT2D eigenvalue weighted by Crippen LogP contribution is 2.19. The highest BCUT2D eigenvalue weighted by Gasteiger charge is 2.18. The third-order valence-electron chi connectivity index (χ3n) is 3.63. The molecule has 0 saturated heterocycles. The Kier molecular flexibility index (Phi) is 6.57. The SMILES string of the molecule is CCC(CC(=O)N[C@H](CO)c1ccccc1)C(C)C. The number of hydrogen-bond donors (Lipinski definition) is 2. The molecule has 0 heterocycles. The summed E-state index contributed by atoms with van der Waals surface area (Å²) in [5, 5.41) is 12.3. The predicted octanol–water partition coefficient (Wildman–Crippen LogP) is 2.91. The van der Waals surface area contributed by atoms with Gasteiger partial charge < -0.3 is 10.4 Å². The second kappa shape index (κ2) is 7.95. The lowest BCUT2D eigenvalue weighted by Gasteiger charge is -2.21. The number of benzene rings is 1. The number of rotatable bonds is 7. The van der Waals surface area contributed by atoms with Gasteiger partial charge in [-0.2, -0.15) is 0 Å². The van der Waals surface area contributed by atoms with E-state index in [1.165, 1.54) is 0 Å². The first kappa shape index (κ1) is 15.7. The van der Waals surface area contributed by atoms with Crippen LogP contribution in [0.2, 0.25) is 0 Å². The highest BCUT2D eigenvalue weighted by molar-refractivity contribution is 5.76. The third-order valence-corrected chi connectivity index (χ3v) is 3.63. The minimum absolute atomic E-state index is 0.0171. The summed E-state index contributed by atoms with van der Waals surface area (Å²) in [6.45, 7) is 6.32. The molecule has 106 valence electrons. The molecule has 0 fully saturated rings. The van der Waals surface area contributed by atoms with Crippen molar-refractivity contribution < 1.29 is 9.90 Å². The van der Waals surface area contributed by atoms with Crippen molar-refractivity contribution in [2.45, 2.75) is 39.7 Å². The Morgan fingerprint density at radius 2 is 1.89 bits per heavy atom. The Balaban J connectivity index is 2.59. The van der Waals surface area contributed by atoms with Crippen molar-refractivity contribution in [3.8, 4) is 0 Å². The Hall–Kier alpha value is -1.35. The number of carbonyl (C=O) groups is 1. The van der Waals surface area contributed by atoms with Gasteiger partial charge in [-0.1, -0.05) is 57.5 Å². The van der Waals surface area contributed by atoms with Gasteiger partial charge in [0.1, 0.15) is 0 Å². The van der Waals surface area contributed by atoms with Gasteiger partial charge in [0.25, 0.3) is 0 Å². The predicted molar refractivity (Wildman–Crippen MR) is 77.6 cm³/mol. The van der Waals surface area contributed by atoms with Gasteiger partial charge in [-0.25, -0.2) is 0 Å². The van der Waals surface area contributed by atoms with E-state index in [0.717, 1.165) is 12.0 Å². The summed E-state index contributed by atoms with van der Waals surface area (Å²) >= 11 is 0. The van der Waals surface area contributed by atoms with E-state index in [0.29, 0.717) is 18.3 Å². The Labute approximate surface area is 116 Å². The molecule has 0 aromatic heterocycles. The van der Waals surface area contributed by atoms with E-state index in [2.05, 4.69) is 26.1 Å². The van der Waals surface area contributed by atoms with Gasteiger partial charge in [-0.15, -0.1) is 0 Å². The molecule has 19 heavy (non-hydrogen) atoms. The van der Waals surface area contributed by atoms with Crippen molar-refractivity contribution in [2.75, 3.05) is 6.61 Å². The van der Waals surface area contributed by atoms with Crippen molar-refractivity contribution >= 4 is 5.91 Å². The molecule has 1 rings (SSSR count). The zero-order valence-corrected chi connectivity index (χ0v) is 12.1. The second-order valence-electron chi connectivity index (χ2n) is 5.33. The van der Waals surface area contributed by atoms with E-state index < -0.39 is 0 Å². The van der Waals surface area contributed by atoms with Crippen LogP contribution in [0, 0.1) is 11.8 Å². The lowest BCUT2D eigenvalue weighted by atomic mass is 9.90. The van der Waals surface area contributed by atoms with E-state index in [-0.39, 0.29) is 18.6 Å². The molecule has 1 amide bonds. The molecule has 1 aromatic carbocycles. The van der Waals surface area contributed by atoms with Crippen LogP contribution < -0.4 is 5.32 Å². The van der Waals surface area contributed by atoms with Crippen LogP contribution >= 0.6 is 0 Å². The highest BCUT2D eigenvalue weighted by atomic mass is 16.3. The summed E-state index contributed by atoms with van der Waals surface area (Å²) in [6.07, 6.45) is 1.53. The van der Waals surface area contributed by atoms with Crippen LogP contribution in [0.15, 0.2) is 30.3 Å². The molecule has 0 aliphatic carbocycles. The Morgan fingerprint density at radius 1 is 1.26 bits per heavy atom. The van der Waals surface area contributed by atoms with Crippen molar-refractivity contribution in [2.24, 2.45) is 11.8 Å². The Bertz CT molecular complexity index is 376. The van der Waals surface area contributed by atoms with Crippen LogP contribution in [0.4, 0.5) is 0 Å². The molecule has 0 aliphatic heterocycles. The average Bonchev–Trinajstić information content (AvgIpc) is 2.42. The molecular formula is C16H25NO2. The van der Waals surface area contributed by atoms with Crippen molar-refractivity contribution in [1.29, 1.82) is 0 Å². The van der Waals surface area contributed by atoms with E-state index in [1.807, 2.05) is 30.3 Å². The first-order chi connectivity index (χ1) is 9.08. The summed E-state index contributed by atoms with van der Waals surface area (Å²) < 4.78 is 0. The maximum atomic E-state index is 12.0. The van der Waals surface area contributed by atoms with Gasteiger partial charge in [0.15, 0.2) is 0 Å². The van der Waals surface area contributed by atoms with E-state index in [9.17, 15) is 9.90 Å². The molecule has 3 heteroatoms. The van der Waals surface area contributed by atoms with Gasteiger partial charge >= 0.3 is 0 Å². The minimum Gasteiger partial charge on any atom is -0.394 e. The van der Waals surface area contributed by atoms with Crippen LogP contribution in [0.3, 0.4) is 0 Å². The van der Waals surface area contributed by atoms with Crippen LogP contribution in [-0.2, 0) is 4.79 Å². The smallest absolute Gasteiger partial charge is 0.220 e. The van der Waals surface area contributed by atoms with Crippen LogP contribution in [0.25, 0.3) is 0 Å². The molecule has 0 bridgehead atoms. The van der Waals surface area contributed by atoms with E-state index >= 15 is 0 Å². The quantitative estimate of drug-likeness (QED) is 0.794. The van der Waals surface area contributed by atoms with Crippen LogP contribution in [0.5, 0.6) is 0 Å². The standard InChI is InChI=1S/C16H25NO2/c1-4-13(12(2)3)10-16(19)17-15(11-18)14-8-6-5-7-9-14/h5-9,12-13,15,18H,4,10-11H2,1-3H3,(H,17,19)/t13?,15-/m1/s1. The van der Waals surface area contributed by atoms with E-state index in [1.54, 1.807) is 0 Å². The maximum absolute atomic E-state index is 12.0. The number of aliphatic hydroxyl groups excluding tert-OH is 1. The van der Waals surface area contributed by atoms with Gasteiger partial charge in [-0.05, 0) is 17.4 Å². The summed E-state index contributed by atoms with van der Waals surface area (Å²) in [5.74, 6) is 0.915. The first-order valence-corrected chi connectivity index (χ1v) is 7.03. The number of hydrogen-bond acceptors (Lipinski definition) is 2. The Morgan fingerprint density at radius 3 is 2.37 bits per heavy atom. The number of amides is 1. The van der Waals surface area contributed by atoms with Gasteiger partial charge in [0, 0.05) is 6.42 Å². The molecule has 0 spiro atoms. The van der Waals surface area contributed by atoms with Crippen molar-refractivity contribution in [1.82, 2.24) is 5.32 Å². The molecular weight excluding hydrogens is 238 g/mol. The van der Waals surface area contributed by atoms with Crippen LogP contribution in [-0.4, -0.2) is 17.6 Å². The maximum Gasteiger partial charge on any atom is 0.220 e. The zero-order valence-electron chi connectivity index (χ0n) is 12.1. The number of carbonyl (C=O) groups excluding carboxylic acids is 1. The molecule has 2 atom stereocenters. The normalized spacial score (nSPS) is 14.2. The van der Waals surface area contributed by atoms with Gasteiger partial charge in [-0.3, -0.25) is 4.79 Å². The number of nitrogens with one attached hydrogen (secondary N) is 1. The summed E-state index contributed by atoms with van der Waals surface area (Å²) in [5.41, 5.74) is 0.941. The average molecular weight is 263 g/mol. The van der Waals surface area contributed by atoms with Gasteiger partial charge in [0.2, 0.25) is 5.91 Å². The zero-order chi connectivity index (χ0) is 14.3. The summed E-state index contributed by atoms with van der Waals surface area (Å²) in [6, 6.07) is 9.27. The van der Waals surface area contributed by atoms with Crippen LogP contribution in [0.1, 0.15) is 45.2 Å². The lowest BCUT2D eigenvalue weighted by Crippen LogP contribution is -2.32. The molecule has 3 nitrogen and oxygen atoms in total. The molecule has 0 aliphatic rings. The second-order valence-corrected chi connectivity index (χ2v) is 5.33. The first-order valence-electron chi connectivity index (χ1n) is 7.03. The monoisotopic (exact) mass is 263 g/mol. The topological polar surface area (TPSA) is 49.3 Å². The fraction of sp³-hybridized carbons (Fsp3) is 0.562. The van der Waals surface area contributed by atoms with Gasteiger partial charge in [0.05, 0.1) is 12.6 Å². The molecule has 1 unspecified atom stereocenters. The fourth-order valence-corrected chi connectivity index (χ4v) is 2.26. The molecule has 1 aromatic rings. The summed E-state index contributed by atoms with van der Waals surface area (Å²) in [4.78, 5) is 12.0. The molecule has 0 saturated carbocycles. The number of aliphatic hydroxyl groups is 1. The lowest BCUT2D eigenvalue weighted by molar-refractivity contribution is -0.123. The molecule has 2 N–H and O–H groups in total. The minimum atomic E-state index is -0.307. The van der Waals surface area contributed by atoms with Crippen molar-refractivity contribution in [3.05, 3.63) is 35.9 Å². The van der Waals surface area contributed by atoms with E-state index in [4.69, 9.17) is 0 Å². The fourth-order valence-electron chi connectivity index (χ4n) is 2.26. The molecule has 0 radical (unpaired) electrons. The van der Waals surface area contributed by atoms with Crippen molar-refractivity contribution in [3.63, 3.8) is 0 Å².